The average molecular weight is 450 g/mol. The molecule has 0 aliphatic carbocycles. The first-order chi connectivity index (χ1) is 15.9. The summed E-state index contributed by atoms with van der Waals surface area (Å²) in [6, 6.07) is 10.5. The van der Waals surface area contributed by atoms with Gasteiger partial charge in [0, 0.05) is 41.3 Å². The molecule has 3 N–H and O–H groups in total. The number of anilines is 1. The molecule has 0 atom stereocenters. The molecular weight excluding hydrogens is 433 g/mol. The zero-order valence-corrected chi connectivity index (χ0v) is 17.0. The molecule has 33 heavy (non-hydrogen) atoms. The predicted molar refractivity (Wildman–Crippen MR) is 117 cm³/mol. The molecule has 3 heterocycles. The highest BCUT2D eigenvalue weighted by molar-refractivity contribution is 6.03. The number of nitrogens with zero attached hydrogens (tertiary/aromatic N) is 3. The Kier molecular flexibility index (Phi) is 4.97. The number of amides is 1. The second kappa shape index (κ2) is 7.97. The van der Waals surface area contributed by atoms with Crippen LogP contribution in [-0.4, -0.2) is 30.6 Å². The molecule has 0 radical (unpaired) electrons. The second-order valence-electron chi connectivity index (χ2n) is 7.44. The molecule has 0 saturated carbocycles. The Bertz CT molecular complexity index is 1410. The topological polar surface area (TPSA) is 91.4 Å². The van der Waals surface area contributed by atoms with E-state index in [1.807, 2.05) is 18.2 Å². The number of halogens is 3. The van der Waals surface area contributed by atoms with Gasteiger partial charge in [-0.25, -0.2) is 9.67 Å². The van der Waals surface area contributed by atoms with E-state index >= 15 is 0 Å². The van der Waals surface area contributed by atoms with Crippen LogP contribution in [0, 0.1) is 0 Å². The first kappa shape index (κ1) is 20.6. The van der Waals surface area contributed by atoms with Gasteiger partial charge < -0.3 is 15.3 Å². The number of hydrogen-bond donors (Lipinski definition) is 3. The van der Waals surface area contributed by atoms with Crippen LogP contribution in [0.15, 0.2) is 73.4 Å². The zero-order chi connectivity index (χ0) is 23.0. The Hall–Kier alpha value is -4.34. The SMILES string of the molecule is O=C(Cc1ncc[nH]1)Nc1c[nH]c2ccc(-c3cnn(-c4ccc(C(F)(F)F)cc4)c3)cc12. The number of aromatic nitrogens is 5. The maximum atomic E-state index is 12.8. The van der Waals surface area contributed by atoms with Gasteiger partial charge in [0.2, 0.25) is 5.91 Å². The summed E-state index contributed by atoms with van der Waals surface area (Å²) in [5.74, 6) is 0.370. The maximum Gasteiger partial charge on any atom is 0.416 e. The molecule has 3 aromatic heterocycles. The quantitative estimate of drug-likeness (QED) is 0.354. The summed E-state index contributed by atoms with van der Waals surface area (Å²) in [6.07, 6.45) is 4.09. The molecule has 0 fully saturated rings. The minimum atomic E-state index is -4.38. The Balaban J connectivity index is 1.39. The highest BCUT2D eigenvalue weighted by Gasteiger charge is 2.30. The van der Waals surface area contributed by atoms with Crippen molar-refractivity contribution >= 4 is 22.5 Å². The van der Waals surface area contributed by atoms with Crippen LogP contribution < -0.4 is 5.32 Å². The van der Waals surface area contributed by atoms with Crippen molar-refractivity contribution in [2.45, 2.75) is 12.6 Å². The standard InChI is InChI=1S/C23H17F3N6O/c24-23(25,26)16-2-4-17(5-3-16)32-13-15(11-30-32)14-1-6-19-18(9-14)20(12-29-19)31-22(33)10-21-27-7-8-28-21/h1-9,11-13,29H,10H2,(H,27,28)(H,31,33). The summed E-state index contributed by atoms with van der Waals surface area (Å²) in [4.78, 5) is 22.4. The monoisotopic (exact) mass is 450 g/mol. The molecule has 0 unspecified atom stereocenters. The van der Waals surface area contributed by atoms with Crippen molar-refractivity contribution in [2.75, 3.05) is 5.32 Å². The van der Waals surface area contributed by atoms with Crippen LogP contribution in [0.4, 0.5) is 18.9 Å². The number of fused-ring (bicyclic) bond motifs is 1. The summed E-state index contributed by atoms with van der Waals surface area (Å²) in [5, 5.41) is 7.99. The minimum Gasteiger partial charge on any atom is -0.359 e. The van der Waals surface area contributed by atoms with E-state index in [9.17, 15) is 18.0 Å². The highest BCUT2D eigenvalue weighted by Crippen LogP contribution is 2.31. The number of alkyl halides is 3. The summed E-state index contributed by atoms with van der Waals surface area (Å²) in [6.45, 7) is 0. The van der Waals surface area contributed by atoms with Crippen LogP contribution >= 0.6 is 0 Å². The van der Waals surface area contributed by atoms with E-state index in [1.54, 1.807) is 31.0 Å². The third-order valence-electron chi connectivity index (χ3n) is 5.21. The van der Waals surface area contributed by atoms with Crippen LogP contribution in [0.25, 0.3) is 27.7 Å². The van der Waals surface area contributed by atoms with Gasteiger partial charge in [0.05, 0.1) is 29.6 Å². The molecule has 0 aliphatic heterocycles. The molecule has 2 aromatic carbocycles. The molecule has 10 heteroatoms. The van der Waals surface area contributed by atoms with Gasteiger partial charge in [0.1, 0.15) is 5.82 Å². The molecule has 0 spiro atoms. The number of nitrogens with one attached hydrogen (secondary N) is 3. The van der Waals surface area contributed by atoms with Crippen molar-refractivity contribution in [1.29, 1.82) is 0 Å². The lowest BCUT2D eigenvalue weighted by Crippen LogP contribution is -2.14. The highest BCUT2D eigenvalue weighted by atomic mass is 19.4. The molecule has 0 bridgehead atoms. The van der Waals surface area contributed by atoms with Crippen molar-refractivity contribution in [3.05, 3.63) is 84.8 Å². The van der Waals surface area contributed by atoms with Crippen molar-refractivity contribution in [3.63, 3.8) is 0 Å². The molecule has 0 saturated heterocycles. The number of carbonyl (C=O) groups excluding carboxylic acids is 1. The third kappa shape index (κ3) is 4.22. The normalized spacial score (nSPS) is 11.7. The van der Waals surface area contributed by atoms with E-state index in [1.165, 1.54) is 16.8 Å². The lowest BCUT2D eigenvalue weighted by atomic mass is 10.1. The number of imidazole rings is 1. The van der Waals surface area contributed by atoms with E-state index in [0.717, 1.165) is 34.2 Å². The molecular formula is C23H17F3N6O. The van der Waals surface area contributed by atoms with Crippen LogP contribution in [0.3, 0.4) is 0 Å². The lowest BCUT2D eigenvalue weighted by Gasteiger charge is -2.07. The summed E-state index contributed by atoms with van der Waals surface area (Å²) in [7, 11) is 0. The van der Waals surface area contributed by atoms with E-state index < -0.39 is 11.7 Å². The van der Waals surface area contributed by atoms with Crippen LogP contribution in [-0.2, 0) is 17.4 Å². The number of H-pyrrole nitrogens is 2. The summed E-state index contributed by atoms with van der Waals surface area (Å²) < 4.78 is 39.9. The molecule has 1 amide bonds. The van der Waals surface area contributed by atoms with Gasteiger partial charge in [0.15, 0.2) is 0 Å². The smallest absolute Gasteiger partial charge is 0.359 e. The van der Waals surface area contributed by atoms with Gasteiger partial charge >= 0.3 is 6.18 Å². The Morgan fingerprint density at radius 2 is 1.88 bits per heavy atom. The minimum absolute atomic E-state index is 0.124. The second-order valence-corrected chi connectivity index (χ2v) is 7.44. The van der Waals surface area contributed by atoms with E-state index in [2.05, 4.69) is 25.4 Å². The Morgan fingerprint density at radius 3 is 2.61 bits per heavy atom. The average Bonchev–Trinajstić information content (AvgIpc) is 3.55. The lowest BCUT2D eigenvalue weighted by molar-refractivity contribution is -0.137. The molecule has 5 rings (SSSR count). The van der Waals surface area contributed by atoms with Gasteiger partial charge in [-0.1, -0.05) is 6.07 Å². The van der Waals surface area contributed by atoms with Crippen LogP contribution in [0.2, 0.25) is 0 Å². The van der Waals surface area contributed by atoms with Crippen LogP contribution in [0.5, 0.6) is 0 Å². The van der Waals surface area contributed by atoms with E-state index in [-0.39, 0.29) is 12.3 Å². The summed E-state index contributed by atoms with van der Waals surface area (Å²) in [5.41, 5.74) is 2.93. The molecule has 7 nitrogen and oxygen atoms in total. The first-order valence-electron chi connectivity index (χ1n) is 9.99. The van der Waals surface area contributed by atoms with Crippen molar-refractivity contribution in [3.8, 4) is 16.8 Å². The predicted octanol–water partition coefficient (Wildman–Crippen LogP) is 4.94. The largest absolute Gasteiger partial charge is 0.416 e. The number of carbonyl (C=O) groups is 1. The van der Waals surface area contributed by atoms with E-state index in [0.29, 0.717) is 17.2 Å². The fourth-order valence-corrected chi connectivity index (χ4v) is 3.56. The fourth-order valence-electron chi connectivity index (χ4n) is 3.56. The van der Waals surface area contributed by atoms with Crippen LogP contribution in [0.1, 0.15) is 11.4 Å². The summed E-state index contributed by atoms with van der Waals surface area (Å²) >= 11 is 0. The van der Waals surface area contributed by atoms with Gasteiger partial charge in [-0.05, 0) is 42.0 Å². The van der Waals surface area contributed by atoms with Gasteiger partial charge in [0.25, 0.3) is 0 Å². The number of hydrogen-bond acceptors (Lipinski definition) is 3. The zero-order valence-electron chi connectivity index (χ0n) is 17.0. The third-order valence-corrected chi connectivity index (χ3v) is 5.21. The van der Waals surface area contributed by atoms with Gasteiger partial charge in [-0.2, -0.15) is 18.3 Å². The molecule has 0 aliphatic rings. The van der Waals surface area contributed by atoms with Gasteiger partial charge in [-0.3, -0.25) is 4.79 Å². The van der Waals surface area contributed by atoms with Crippen molar-refractivity contribution < 1.29 is 18.0 Å². The molecule has 5 aromatic rings. The Labute approximate surface area is 185 Å². The first-order valence-corrected chi connectivity index (χ1v) is 9.99. The number of aromatic amines is 2. The maximum absolute atomic E-state index is 12.8. The Morgan fingerprint density at radius 1 is 1.06 bits per heavy atom. The van der Waals surface area contributed by atoms with E-state index in [4.69, 9.17) is 0 Å². The van der Waals surface area contributed by atoms with Gasteiger partial charge in [-0.15, -0.1) is 0 Å². The number of rotatable bonds is 5. The molecule has 166 valence electrons. The van der Waals surface area contributed by atoms with Crippen molar-refractivity contribution in [1.82, 2.24) is 24.7 Å². The number of benzene rings is 2. The van der Waals surface area contributed by atoms with Crippen molar-refractivity contribution in [2.24, 2.45) is 0 Å². The fraction of sp³-hybridized carbons (Fsp3) is 0.0870.